The summed E-state index contributed by atoms with van der Waals surface area (Å²) in [4.78, 5) is 24.6. The van der Waals surface area contributed by atoms with Crippen LogP contribution < -0.4 is 11.1 Å². The summed E-state index contributed by atoms with van der Waals surface area (Å²) in [5.74, 6) is 0. The smallest absolute Gasteiger partial charge is 0.377 e. The lowest BCUT2D eigenvalue weighted by Crippen LogP contribution is -2.47. The third-order valence-electron chi connectivity index (χ3n) is 3.82. The maximum Gasteiger partial charge on any atom is 0.501 e. The number of carbonyl (C=O) groups excluding carboxylic acids is 2. The number of primary amides is 1. The number of nitrogens with zero attached hydrogens (tertiary/aromatic N) is 1. The number of aliphatic imine (C=N–C) groups is 1. The Morgan fingerprint density at radius 2 is 1.40 bits per heavy atom. The molecule has 0 heterocycles. The molecule has 11 nitrogen and oxygen atoms in total. The molecule has 13 heteroatoms. The second-order valence-corrected chi connectivity index (χ2v) is 11.6. The van der Waals surface area contributed by atoms with Crippen LogP contribution in [0.1, 0.15) is 40.5 Å². The van der Waals surface area contributed by atoms with Crippen molar-refractivity contribution in [2.75, 3.05) is 41.2 Å². The Bertz CT molecular complexity index is 466. The summed E-state index contributed by atoms with van der Waals surface area (Å²) in [6.45, 7) is 9.00. The first kappa shape index (κ1) is 31.0. The average molecular weight is 470 g/mol. The van der Waals surface area contributed by atoms with Crippen LogP contribution in [0.5, 0.6) is 0 Å². The Balaban J connectivity index is 0. The Labute approximate surface area is 182 Å². The molecule has 0 saturated carbocycles. The number of hydrogen-bond donors (Lipinski definition) is 2. The number of isocyanates is 1. The first-order chi connectivity index (χ1) is 14.3. The van der Waals surface area contributed by atoms with Gasteiger partial charge in [0.25, 0.3) is 0 Å². The normalized spacial score (nSPS) is 12.4. The summed E-state index contributed by atoms with van der Waals surface area (Å²) < 4.78 is 32.5. The zero-order valence-corrected chi connectivity index (χ0v) is 21.3. The van der Waals surface area contributed by atoms with Crippen molar-refractivity contribution in [2.45, 2.75) is 58.8 Å². The van der Waals surface area contributed by atoms with Crippen molar-refractivity contribution in [1.29, 1.82) is 0 Å². The fourth-order valence-corrected chi connectivity index (χ4v) is 6.93. The fourth-order valence-electron chi connectivity index (χ4n) is 2.57. The van der Waals surface area contributed by atoms with Gasteiger partial charge in [-0.2, -0.15) is 4.99 Å². The molecular formula is C17H39N3O8Si2. The number of rotatable bonds is 16. The number of nitrogens with one attached hydrogen (secondary N) is 1. The van der Waals surface area contributed by atoms with Crippen molar-refractivity contribution in [2.24, 2.45) is 10.7 Å². The summed E-state index contributed by atoms with van der Waals surface area (Å²) in [7, 11) is -0.136. The van der Waals surface area contributed by atoms with Gasteiger partial charge in [-0.1, -0.05) is 13.3 Å². The molecule has 1 atom stereocenters. The van der Waals surface area contributed by atoms with Crippen LogP contribution in [0.25, 0.3) is 0 Å². The standard InChI is InChI=1S/C11H23N3O5Si.C6H16O3Si/c1-4-17-20(18-5-2,19-6-3)8-7-10(13-9-15)14-11(12)16;1-5-6-10(7-2,8-3)9-4/h10H,4-8H2,1-3H3,(H3,12,14,16);5-6H2,1-4H3. The molecule has 0 aromatic heterocycles. The van der Waals surface area contributed by atoms with E-state index in [1.54, 1.807) is 21.3 Å². The summed E-state index contributed by atoms with van der Waals surface area (Å²) >= 11 is 0. The molecule has 1 unspecified atom stereocenters. The van der Waals surface area contributed by atoms with Crippen LogP contribution in [0.15, 0.2) is 4.99 Å². The number of hydrogen-bond acceptors (Lipinski definition) is 9. The van der Waals surface area contributed by atoms with E-state index in [2.05, 4.69) is 17.2 Å². The number of amides is 2. The number of carbonyl (C=O) groups is 1. The van der Waals surface area contributed by atoms with E-state index in [0.717, 1.165) is 12.5 Å². The first-order valence-electron chi connectivity index (χ1n) is 9.98. The maximum atomic E-state index is 10.8. The predicted octanol–water partition coefficient (Wildman–Crippen LogP) is 2.03. The minimum absolute atomic E-state index is 0.324. The molecule has 0 aliphatic rings. The Morgan fingerprint density at radius 1 is 0.933 bits per heavy atom. The van der Waals surface area contributed by atoms with E-state index >= 15 is 0 Å². The van der Waals surface area contributed by atoms with Crippen molar-refractivity contribution >= 4 is 29.7 Å². The molecule has 0 aromatic rings. The van der Waals surface area contributed by atoms with Gasteiger partial charge in [0.2, 0.25) is 6.08 Å². The van der Waals surface area contributed by atoms with Gasteiger partial charge >= 0.3 is 23.6 Å². The lowest BCUT2D eigenvalue weighted by Gasteiger charge is -2.29. The molecule has 0 spiro atoms. The van der Waals surface area contributed by atoms with Crippen LogP contribution in [0.3, 0.4) is 0 Å². The van der Waals surface area contributed by atoms with E-state index in [1.165, 1.54) is 6.08 Å². The van der Waals surface area contributed by atoms with Crippen molar-refractivity contribution < 1.29 is 36.1 Å². The summed E-state index contributed by atoms with van der Waals surface area (Å²) in [6, 6.07) is 0.542. The molecule has 0 aliphatic carbocycles. The van der Waals surface area contributed by atoms with Crippen molar-refractivity contribution in [3.05, 3.63) is 0 Å². The van der Waals surface area contributed by atoms with Crippen molar-refractivity contribution in [3.63, 3.8) is 0 Å². The van der Waals surface area contributed by atoms with Gasteiger partial charge in [-0.15, -0.1) is 0 Å². The second kappa shape index (κ2) is 18.6. The Hall–Kier alpha value is -1.16. The molecule has 0 radical (unpaired) electrons. The van der Waals surface area contributed by atoms with Crippen molar-refractivity contribution in [3.8, 4) is 0 Å². The Morgan fingerprint density at radius 3 is 1.67 bits per heavy atom. The lowest BCUT2D eigenvalue weighted by atomic mass is 10.4. The van der Waals surface area contributed by atoms with Gasteiger partial charge in [0.05, 0.1) is 0 Å². The zero-order valence-electron chi connectivity index (χ0n) is 19.3. The van der Waals surface area contributed by atoms with Crippen LogP contribution in [-0.2, 0) is 31.4 Å². The van der Waals surface area contributed by atoms with Gasteiger partial charge in [0, 0.05) is 53.2 Å². The van der Waals surface area contributed by atoms with Crippen LogP contribution >= 0.6 is 0 Å². The molecule has 178 valence electrons. The molecule has 2 amide bonds. The Kier molecular flexibility index (Phi) is 19.2. The largest absolute Gasteiger partial charge is 0.501 e. The molecule has 0 rings (SSSR count). The summed E-state index contributed by atoms with van der Waals surface area (Å²) in [5, 5.41) is 2.34. The quantitative estimate of drug-likeness (QED) is 0.199. The van der Waals surface area contributed by atoms with Gasteiger partial charge in [-0.25, -0.2) is 9.59 Å². The van der Waals surface area contributed by atoms with Gasteiger partial charge in [-0.3, -0.25) is 0 Å². The number of nitrogens with two attached hydrogens (primary N) is 1. The third kappa shape index (κ3) is 13.2. The summed E-state index contributed by atoms with van der Waals surface area (Å²) in [5.41, 5.74) is 5.02. The van der Waals surface area contributed by atoms with E-state index in [4.69, 9.17) is 32.3 Å². The number of urea groups is 1. The molecule has 0 aliphatic heterocycles. The molecule has 0 bridgehead atoms. The molecule has 0 saturated heterocycles. The van der Waals surface area contributed by atoms with Crippen molar-refractivity contribution in [1.82, 2.24) is 5.32 Å². The molecular weight excluding hydrogens is 430 g/mol. The zero-order chi connectivity index (χ0) is 23.5. The van der Waals surface area contributed by atoms with Crippen LogP contribution in [0.2, 0.25) is 12.1 Å². The van der Waals surface area contributed by atoms with Crippen LogP contribution in [0.4, 0.5) is 4.79 Å². The molecule has 3 N–H and O–H groups in total. The third-order valence-corrected chi connectivity index (χ3v) is 9.89. The molecule has 0 fully saturated rings. The monoisotopic (exact) mass is 469 g/mol. The van der Waals surface area contributed by atoms with Gasteiger partial charge < -0.3 is 37.6 Å². The van der Waals surface area contributed by atoms with E-state index in [9.17, 15) is 9.59 Å². The highest BCUT2D eigenvalue weighted by atomic mass is 28.4. The summed E-state index contributed by atoms with van der Waals surface area (Å²) in [6.07, 6.45) is 2.00. The van der Waals surface area contributed by atoms with E-state index in [-0.39, 0.29) is 0 Å². The molecule has 30 heavy (non-hydrogen) atoms. The minimum Gasteiger partial charge on any atom is -0.377 e. The van der Waals surface area contributed by atoms with E-state index in [1.807, 2.05) is 20.8 Å². The predicted molar refractivity (Wildman–Crippen MR) is 117 cm³/mol. The lowest BCUT2D eigenvalue weighted by molar-refractivity contribution is 0.0701. The van der Waals surface area contributed by atoms with Gasteiger partial charge in [0.15, 0.2) is 0 Å². The fraction of sp³-hybridized carbons (Fsp3) is 0.882. The maximum absolute atomic E-state index is 10.8. The first-order valence-corrected chi connectivity index (χ1v) is 13.8. The van der Waals surface area contributed by atoms with Crippen LogP contribution in [-0.4, -0.2) is 77.0 Å². The SMILES string of the molecule is CCC[Si](OC)(OC)OC.CCO[Si](CCC(N=C=O)NC(N)=O)(OCC)OCC. The highest BCUT2D eigenvalue weighted by molar-refractivity contribution is 6.61. The molecule has 0 aromatic carbocycles. The van der Waals surface area contributed by atoms with Gasteiger partial charge in [-0.05, 0) is 27.2 Å². The van der Waals surface area contributed by atoms with Gasteiger partial charge in [0.1, 0.15) is 6.17 Å². The minimum atomic E-state index is -2.82. The van der Waals surface area contributed by atoms with E-state index < -0.39 is 29.8 Å². The highest BCUT2D eigenvalue weighted by Gasteiger charge is 2.40. The average Bonchev–Trinajstić information content (AvgIpc) is 2.71. The highest BCUT2D eigenvalue weighted by Crippen LogP contribution is 2.19. The van der Waals surface area contributed by atoms with E-state index in [0.29, 0.717) is 32.3 Å². The second-order valence-electron chi connectivity index (χ2n) is 5.81. The van der Waals surface area contributed by atoms with Crippen LogP contribution in [0, 0.1) is 0 Å². The topological polar surface area (TPSA) is 140 Å².